The highest BCUT2D eigenvalue weighted by Crippen LogP contribution is 2.34. The molecule has 6 nitrogen and oxygen atoms in total. The zero-order chi connectivity index (χ0) is 18.6. The second-order valence-electron chi connectivity index (χ2n) is 6.32. The van der Waals surface area contributed by atoms with Gasteiger partial charge in [-0.25, -0.2) is 9.37 Å². The van der Waals surface area contributed by atoms with E-state index in [0.717, 1.165) is 5.56 Å². The van der Waals surface area contributed by atoms with Gasteiger partial charge in [0.15, 0.2) is 0 Å². The number of nitrogens with one attached hydrogen (secondary N) is 2. The van der Waals surface area contributed by atoms with E-state index in [9.17, 15) is 9.50 Å². The summed E-state index contributed by atoms with van der Waals surface area (Å²) in [6.45, 7) is 1.23. The lowest BCUT2D eigenvalue weighted by Crippen LogP contribution is -2.43. The van der Waals surface area contributed by atoms with Crippen molar-refractivity contribution in [2.45, 2.75) is 18.4 Å². The Morgan fingerprint density at radius 1 is 1.27 bits per heavy atom. The van der Waals surface area contributed by atoms with Crippen LogP contribution in [0.2, 0.25) is 0 Å². The van der Waals surface area contributed by atoms with Crippen molar-refractivity contribution in [1.29, 1.82) is 5.41 Å². The van der Waals surface area contributed by atoms with E-state index >= 15 is 0 Å². The van der Waals surface area contributed by atoms with Crippen LogP contribution >= 0.6 is 0 Å². The average molecular weight is 355 g/mol. The third-order valence-electron chi connectivity index (χ3n) is 4.67. The minimum absolute atomic E-state index is 0.307. The van der Waals surface area contributed by atoms with Gasteiger partial charge < -0.3 is 20.7 Å². The standard InChI is InChI=1S/C19H22FN5O/c1-22-11-14(10-21)17-12-23-13-18(24-17)25-8-6-19(26,7-9-25)15-2-4-16(20)5-3-15/h2-5,10-13,21-22,26H,6-9H2,1H3/b14-11+,21-10?. The molecule has 0 unspecified atom stereocenters. The second-order valence-corrected chi connectivity index (χ2v) is 6.32. The van der Waals surface area contributed by atoms with Gasteiger partial charge in [0.05, 0.1) is 23.7 Å². The number of piperidine rings is 1. The van der Waals surface area contributed by atoms with Crippen LogP contribution in [0.15, 0.2) is 42.9 Å². The predicted molar refractivity (Wildman–Crippen MR) is 99.6 cm³/mol. The van der Waals surface area contributed by atoms with E-state index in [1.807, 2.05) is 0 Å². The van der Waals surface area contributed by atoms with Crippen LogP contribution in [0.4, 0.5) is 10.2 Å². The summed E-state index contributed by atoms with van der Waals surface area (Å²) in [5.74, 6) is 0.408. The van der Waals surface area contributed by atoms with E-state index in [2.05, 4.69) is 20.2 Å². The molecule has 7 heteroatoms. The molecule has 0 atom stereocenters. The van der Waals surface area contributed by atoms with Crippen LogP contribution in [0.25, 0.3) is 5.57 Å². The van der Waals surface area contributed by atoms with Gasteiger partial charge >= 0.3 is 0 Å². The molecule has 1 aromatic carbocycles. The number of benzene rings is 1. The Hall–Kier alpha value is -2.80. The van der Waals surface area contributed by atoms with Crippen molar-refractivity contribution >= 4 is 17.6 Å². The van der Waals surface area contributed by atoms with Gasteiger partial charge in [-0.15, -0.1) is 0 Å². The molecule has 26 heavy (non-hydrogen) atoms. The number of hydrogen-bond donors (Lipinski definition) is 3. The number of nitrogens with zero attached hydrogens (tertiary/aromatic N) is 3. The molecule has 0 aliphatic carbocycles. The molecule has 1 saturated heterocycles. The topological polar surface area (TPSA) is 85.1 Å². The van der Waals surface area contributed by atoms with Gasteiger partial charge in [0.25, 0.3) is 0 Å². The van der Waals surface area contributed by atoms with Gasteiger partial charge in [-0.3, -0.25) is 4.98 Å². The Morgan fingerprint density at radius 3 is 2.58 bits per heavy atom. The molecule has 1 aliphatic heterocycles. The van der Waals surface area contributed by atoms with Crippen molar-refractivity contribution < 1.29 is 9.50 Å². The van der Waals surface area contributed by atoms with E-state index < -0.39 is 5.60 Å². The molecule has 0 saturated carbocycles. The monoisotopic (exact) mass is 355 g/mol. The quantitative estimate of drug-likeness (QED) is 0.717. The summed E-state index contributed by atoms with van der Waals surface area (Å²) in [5.41, 5.74) is 1.04. The molecule has 1 aromatic heterocycles. The molecule has 1 aliphatic rings. The summed E-state index contributed by atoms with van der Waals surface area (Å²) < 4.78 is 13.1. The second kappa shape index (κ2) is 7.61. The van der Waals surface area contributed by atoms with Crippen LogP contribution in [0.1, 0.15) is 24.1 Å². The fraction of sp³-hybridized carbons (Fsp3) is 0.316. The molecule has 1 fully saturated rings. The average Bonchev–Trinajstić information content (AvgIpc) is 2.67. The SMILES string of the molecule is CN/C=C(\C=N)c1cncc(N2CCC(O)(c3ccc(F)cc3)CC2)n1. The zero-order valence-corrected chi connectivity index (χ0v) is 14.6. The third kappa shape index (κ3) is 3.72. The summed E-state index contributed by atoms with van der Waals surface area (Å²) >= 11 is 0. The van der Waals surface area contributed by atoms with E-state index in [1.54, 1.807) is 37.8 Å². The lowest BCUT2D eigenvalue weighted by Gasteiger charge is -2.39. The van der Waals surface area contributed by atoms with Crippen molar-refractivity contribution in [2.24, 2.45) is 0 Å². The summed E-state index contributed by atoms with van der Waals surface area (Å²) in [5, 5.41) is 21.3. The van der Waals surface area contributed by atoms with Gasteiger partial charge in [0.2, 0.25) is 0 Å². The van der Waals surface area contributed by atoms with Crippen LogP contribution in [-0.2, 0) is 5.60 Å². The Morgan fingerprint density at radius 2 is 1.96 bits per heavy atom. The molecular formula is C19H22FN5O. The summed E-state index contributed by atoms with van der Waals surface area (Å²) in [7, 11) is 1.77. The highest BCUT2D eigenvalue weighted by atomic mass is 19.1. The van der Waals surface area contributed by atoms with Gasteiger partial charge in [0.1, 0.15) is 11.6 Å². The molecule has 0 bridgehead atoms. The van der Waals surface area contributed by atoms with Crippen LogP contribution in [-0.4, -0.2) is 41.4 Å². The lowest BCUT2D eigenvalue weighted by atomic mass is 9.84. The lowest BCUT2D eigenvalue weighted by molar-refractivity contribution is 0.0116. The predicted octanol–water partition coefficient (Wildman–Crippen LogP) is 2.31. The molecule has 0 radical (unpaired) electrons. The Bertz CT molecular complexity index is 798. The minimum atomic E-state index is -0.957. The number of aromatic nitrogens is 2. The first-order valence-electron chi connectivity index (χ1n) is 8.49. The molecule has 3 rings (SSSR count). The van der Waals surface area contributed by atoms with Crippen molar-refractivity contribution in [3.8, 4) is 0 Å². The summed E-state index contributed by atoms with van der Waals surface area (Å²) in [4.78, 5) is 10.9. The molecule has 0 amide bonds. The maximum Gasteiger partial charge on any atom is 0.147 e. The maximum atomic E-state index is 13.1. The highest BCUT2D eigenvalue weighted by Gasteiger charge is 2.34. The number of halogens is 1. The first kappa shape index (κ1) is 18.0. The van der Waals surface area contributed by atoms with E-state index in [1.165, 1.54) is 18.3 Å². The minimum Gasteiger partial charge on any atom is -0.393 e. The van der Waals surface area contributed by atoms with Gasteiger partial charge in [-0.2, -0.15) is 0 Å². The first-order chi connectivity index (χ1) is 12.6. The van der Waals surface area contributed by atoms with E-state index in [4.69, 9.17) is 5.41 Å². The van der Waals surface area contributed by atoms with Gasteiger partial charge in [0, 0.05) is 38.1 Å². The molecule has 0 spiro atoms. The molecule has 3 N–H and O–H groups in total. The number of allylic oxidation sites excluding steroid dienone is 1. The molecule has 2 aromatic rings. The highest BCUT2D eigenvalue weighted by molar-refractivity contribution is 6.07. The normalized spacial score (nSPS) is 17.0. The molecule has 136 valence electrons. The zero-order valence-electron chi connectivity index (χ0n) is 14.6. The van der Waals surface area contributed by atoms with Crippen LogP contribution in [0, 0.1) is 11.2 Å². The van der Waals surface area contributed by atoms with Crippen molar-refractivity contribution in [1.82, 2.24) is 15.3 Å². The molecule has 2 heterocycles. The van der Waals surface area contributed by atoms with Crippen LogP contribution < -0.4 is 10.2 Å². The Labute approximate surface area is 151 Å². The third-order valence-corrected chi connectivity index (χ3v) is 4.67. The van der Waals surface area contributed by atoms with Crippen molar-refractivity contribution in [2.75, 3.05) is 25.0 Å². The Kier molecular flexibility index (Phi) is 5.27. The van der Waals surface area contributed by atoms with Crippen LogP contribution in [0.5, 0.6) is 0 Å². The number of rotatable bonds is 5. The number of hydrogen-bond acceptors (Lipinski definition) is 6. The van der Waals surface area contributed by atoms with Crippen molar-refractivity contribution in [3.05, 3.63) is 59.9 Å². The summed E-state index contributed by atoms with van der Waals surface area (Å²) in [6.07, 6.45) is 7.28. The molecular weight excluding hydrogens is 333 g/mol. The van der Waals surface area contributed by atoms with E-state index in [0.29, 0.717) is 43.0 Å². The summed E-state index contributed by atoms with van der Waals surface area (Å²) in [6, 6.07) is 6.04. The smallest absolute Gasteiger partial charge is 0.147 e. The van der Waals surface area contributed by atoms with Crippen molar-refractivity contribution in [3.63, 3.8) is 0 Å². The van der Waals surface area contributed by atoms with Crippen LogP contribution in [0.3, 0.4) is 0 Å². The Balaban J connectivity index is 1.75. The largest absolute Gasteiger partial charge is 0.393 e. The number of anilines is 1. The van der Waals surface area contributed by atoms with Gasteiger partial charge in [-0.1, -0.05) is 12.1 Å². The first-order valence-corrected chi connectivity index (χ1v) is 8.49. The fourth-order valence-electron chi connectivity index (χ4n) is 3.15. The van der Waals surface area contributed by atoms with E-state index in [-0.39, 0.29) is 5.82 Å². The maximum absolute atomic E-state index is 13.1. The van der Waals surface area contributed by atoms with Gasteiger partial charge in [-0.05, 0) is 30.5 Å². The number of aliphatic hydroxyl groups is 1. The fourth-order valence-corrected chi connectivity index (χ4v) is 3.15.